The normalized spacial score (nSPS) is 20.8. The molecule has 3 rings (SSSR count). The number of benzene rings is 1. The second kappa shape index (κ2) is 7.00. The highest BCUT2D eigenvalue weighted by Gasteiger charge is 2.25. The number of carbonyl (C=O) groups is 1. The van der Waals surface area contributed by atoms with E-state index in [0.29, 0.717) is 5.92 Å². The van der Waals surface area contributed by atoms with Crippen molar-refractivity contribution in [2.45, 2.75) is 31.7 Å². The molecule has 1 aliphatic rings. The lowest BCUT2D eigenvalue weighted by Crippen LogP contribution is -2.38. The van der Waals surface area contributed by atoms with Gasteiger partial charge in [-0.05, 0) is 43.7 Å². The van der Waals surface area contributed by atoms with E-state index < -0.39 is 11.7 Å². The van der Waals surface area contributed by atoms with Crippen LogP contribution in [0.15, 0.2) is 30.5 Å². The Hall–Kier alpha value is -2.41. The van der Waals surface area contributed by atoms with E-state index >= 15 is 0 Å². The number of carbonyl (C=O) groups excluding carboxylic acids is 1. The molecular formula is C17H20FN3O3. The van der Waals surface area contributed by atoms with Gasteiger partial charge < -0.3 is 15.5 Å². The largest absolute Gasteiger partial charge is 0.504 e. The highest BCUT2D eigenvalue weighted by atomic mass is 19.1. The number of aliphatic hydroxyl groups is 1. The van der Waals surface area contributed by atoms with Gasteiger partial charge in [0.1, 0.15) is 11.5 Å². The first-order valence-corrected chi connectivity index (χ1v) is 8.03. The molecule has 0 unspecified atom stereocenters. The molecule has 0 aliphatic heterocycles. The lowest BCUT2D eigenvalue weighted by Gasteiger charge is -2.27. The summed E-state index contributed by atoms with van der Waals surface area (Å²) in [6, 6.07) is 6.00. The van der Waals surface area contributed by atoms with Gasteiger partial charge in [-0.1, -0.05) is 12.1 Å². The van der Waals surface area contributed by atoms with E-state index in [9.17, 15) is 14.3 Å². The van der Waals surface area contributed by atoms with Gasteiger partial charge in [0, 0.05) is 12.6 Å². The summed E-state index contributed by atoms with van der Waals surface area (Å²) in [6.45, 7) is 0.175. The molecule has 1 fully saturated rings. The maximum Gasteiger partial charge on any atom is 0.275 e. The predicted octanol–water partition coefficient (Wildman–Crippen LogP) is 2.00. The number of aromatic hydroxyl groups is 1. The van der Waals surface area contributed by atoms with Crippen LogP contribution >= 0.6 is 0 Å². The highest BCUT2D eigenvalue weighted by molar-refractivity contribution is 5.95. The minimum absolute atomic E-state index is 0.00156. The molecule has 1 aliphatic carbocycles. The van der Waals surface area contributed by atoms with Crippen molar-refractivity contribution < 1.29 is 19.4 Å². The van der Waals surface area contributed by atoms with Crippen molar-refractivity contribution in [1.82, 2.24) is 15.1 Å². The molecule has 6 nitrogen and oxygen atoms in total. The molecule has 0 atom stereocenters. The molecule has 1 heterocycles. The Bertz CT molecular complexity index is 724. The van der Waals surface area contributed by atoms with E-state index in [0.717, 1.165) is 30.4 Å². The van der Waals surface area contributed by atoms with E-state index in [1.165, 1.54) is 18.3 Å². The quantitative estimate of drug-likeness (QED) is 0.798. The first-order valence-electron chi connectivity index (χ1n) is 8.03. The van der Waals surface area contributed by atoms with E-state index in [1.807, 2.05) is 0 Å². The summed E-state index contributed by atoms with van der Waals surface area (Å²) in [7, 11) is 0. The summed E-state index contributed by atoms with van der Waals surface area (Å²) in [5, 5.41) is 26.0. The average molecular weight is 333 g/mol. The van der Waals surface area contributed by atoms with Crippen LogP contribution in [-0.2, 0) is 0 Å². The minimum Gasteiger partial charge on any atom is -0.504 e. The number of para-hydroxylation sites is 1. The number of amides is 1. The molecule has 0 saturated heterocycles. The Morgan fingerprint density at radius 2 is 2.00 bits per heavy atom. The van der Waals surface area contributed by atoms with Crippen LogP contribution < -0.4 is 5.32 Å². The van der Waals surface area contributed by atoms with Crippen molar-refractivity contribution in [3.8, 4) is 11.4 Å². The van der Waals surface area contributed by atoms with Crippen molar-refractivity contribution in [3.63, 3.8) is 0 Å². The molecule has 0 bridgehead atoms. The second-order valence-corrected chi connectivity index (χ2v) is 6.13. The molecule has 1 aromatic heterocycles. The van der Waals surface area contributed by atoms with Crippen LogP contribution in [0.2, 0.25) is 0 Å². The fraction of sp³-hybridized carbons (Fsp3) is 0.412. The van der Waals surface area contributed by atoms with Crippen molar-refractivity contribution in [2.75, 3.05) is 6.61 Å². The van der Waals surface area contributed by atoms with Crippen LogP contribution in [0, 0.1) is 11.7 Å². The third-order valence-electron chi connectivity index (χ3n) is 4.45. The smallest absolute Gasteiger partial charge is 0.275 e. The molecule has 1 saturated carbocycles. The Kier molecular flexibility index (Phi) is 4.80. The number of rotatable bonds is 4. The van der Waals surface area contributed by atoms with E-state index in [2.05, 4.69) is 10.4 Å². The lowest BCUT2D eigenvalue weighted by molar-refractivity contribution is 0.0906. The van der Waals surface area contributed by atoms with Crippen molar-refractivity contribution in [1.29, 1.82) is 0 Å². The second-order valence-electron chi connectivity index (χ2n) is 6.13. The van der Waals surface area contributed by atoms with E-state index in [1.54, 1.807) is 12.1 Å². The number of halogens is 1. The maximum absolute atomic E-state index is 13.8. The van der Waals surface area contributed by atoms with Gasteiger partial charge in [-0.25, -0.2) is 9.07 Å². The van der Waals surface area contributed by atoms with Crippen molar-refractivity contribution in [2.24, 2.45) is 5.92 Å². The first-order chi connectivity index (χ1) is 11.6. The van der Waals surface area contributed by atoms with Gasteiger partial charge in [-0.2, -0.15) is 5.10 Å². The summed E-state index contributed by atoms with van der Waals surface area (Å²) in [5.41, 5.74) is 0.0397. The summed E-state index contributed by atoms with van der Waals surface area (Å²) in [4.78, 5) is 12.3. The summed E-state index contributed by atoms with van der Waals surface area (Å²) in [5.74, 6) is -0.962. The van der Waals surface area contributed by atoms with Gasteiger partial charge >= 0.3 is 0 Å². The molecule has 3 N–H and O–H groups in total. The molecule has 1 amide bonds. The summed E-state index contributed by atoms with van der Waals surface area (Å²) in [6.07, 6.45) is 4.50. The molecule has 7 heteroatoms. The molecule has 1 aromatic carbocycles. The number of aromatic nitrogens is 2. The highest BCUT2D eigenvalue weighted by Crippen LogP contribution is 2.25. The third kappa shape index (κ3) is 3.41. The van der Waals surface area contributed by atoms with Crippen LogP contribution in [0.25, 0.3) is 5.69 Å². The fourth-order valence-electron chi connectivity index (χ4n) is 3.03. The zero-order valence-corrected chi connectivity index (χ0v) is 13.2. The third-order valence-corrected chi connectivity index (χ3v) is 4.45. The topological polar surface area (TPSA) is 87.4 Å². The van der Waals surface area contributed by atoms with E-state index in [-0.39, 0.29) is 29.8 Å². The Labute approximate surface area is 138 Å². The van der Waals surface area contributed by atoms with Gasteiger partial charge in [0.2, 0.25) is 0 Å². The standard InChI is InChI=1S/C17H20FN3O3/c18-13-3-1-2-4-14(13)21-9-15(23)16(20-21)17(24)19-12-7-5-11(10-22)6-8-12/h1-4,9,11-12,22-23H,5-8,10H2,(H,19,24). The number of aliphatic hydroxyl groups excluding tert-OH is 1. The zero-order chi connectivity index (χ0) is 17.1. The maximum atomic E-state index is 13.8. The van der Waals surface area contributed by atoms with Crippen molar-refractivity contribution in [3.05, 3.63) is 42.0 Å². The summed E-state index contributed by atoms with van der Waals surface area (Å²) < 4.78 is 15.0. The number of nitrogens with zero attached hydrogens (tertiary/aromatic N) is 2. The first kappa shape index (κ1) is 16.4. The molecule has 2 aromatic rings. The molecule has 128 valence electrons. The van der Waals surface area contributed by atoms with E-state index in [4.69, 9.17) is 5.11 Å². The predicted molar refractivity (Wildman–Crippen MR) is 85.5 cm³/mol. The van der Waals surface area contributed by atoms with Gasteiger partial charge in [0.05, 0.1) is 6.20 Å². The molecular weight excluding hydrogens is 313 g/mol. The summed E-state index contributed by atoms with van der Waals surface area (Å²) >= 11 is 0. The Morgan fingerprint density at radius 1 is 1.29 bits per heavy atom. The van der Waals surface area contributed by atoms with Crippen LogP contribution in [0.4, 0.5) is 4.39 Å². The van der Waals surface area contributed by atoms with Crippen LogP contribution in [0.3, 0.4) is 0 Å². The van der Waals surface area contributed by atoms with Crippen LogP contribution in [0.5, 0.6) is 5.75 Å². The number of hydrogen-bond acceptors (Lipinski definition) is 4. The van der Waals surface area contributed by atoms with Crippen LogP contribution in [-0.4, -0.2) is 38.5 Å². The van der Waals surface area contributed by atoms with Gasteiger partial charge in [-0.15, -0.1) is 0 Å². The number of hydrogen-bond donors (Lipinski definition) is 3. The van der Waals surface area contributed by atoms with Gasteiger partial charge in [0.15, 0.2) is 11.4 Å². The Morgan fingerprint density at radius 3 is 2.67 bits per heavy atom. The van der Waals surface area contributed by atoms with Gasteiger partial charge in [0.25, 0.3) is 5.91 Å². The van der Waals surface area contributed by atoms with Crippen molar-refractivity contribution >= 4 is 5.91 Å². The monoisotopic (exact) mass is 333 g/mol. The SMILES string of the molecule is O=C(NC1CCC(CO)CC1)c1nn(-c2ccccc2F)cc1O. The molecule has 0 spiro atoms. The van der Waals surface area contributed by atoms with Crippen LogP contribution in [0.1, 0.15) is 36.2 Å². The average Bonchev–Trinajstić information content (AvgIpc) is 2.97. The minimum atomic E-state index is -0.491. The molecule has 0 radical (unpaired) electrons. The molecule has 24 heavy (non-hydrogen) atoms. The number of nitrogens with one attached hydrogen (secondary N) is 1. The Balaban J connectivity index is 1.71. The lowest BCUT2D eigenvalue weighted by atomic mass is 9.86. The zero-order valence-electron chi connectivity index (χ0n) is 13.2. The van der Waals surface area contributed by atoms with Gasteiger partial charge in [-0.3, -0.25) is 4.79 Å². The fourth-order valence-corrected chi connectivity index (χ4v) is 3.03.